The molecular formula is C21H20O12. The van der Waals surface area contributed by atoms with Crippen LogP contribution >= 0.6 is 0 Å². The minimum Gasteiger partial charge on any atom is -0.508 e. The van der Waals surface area contributed by atoms with Gasteiger partial charge in [0.05, 0.1) is 6.61 Å². The van der Waals surface area contributed by atoms with Crippen LogP contribution in [0, 0.1) is 0 Å². The lowest BCUT2D eigenvalue weighted by Gasteiger charge is -2.39. The Morgan fingerprint density at radius 1 is 0.909 bits per heavy atom. The number of aliphatic hydroxyl groups excluding tert-OH is 4. The van der Waals surface area contributed by atoms with E-state index in [1.165, 1.54) is 6.07 Å². The van der Waals surface area contributed by atoms with Gasteiger partial charge >= 0.3 is 0 Å². The number of aliphatic hydroxyl groups is 4. The fourth-order valence-electron chi connectivity index (χ4n) is 3.51. The number of phenols is 3. The molecule has 1 aromatic heterocycles. The summed E-state index contributed by atoms with van der Waals surface area (Å²) >= 11 is 0. The standard InChI is InChI=1S/C21H20O12/c22-6-13-15(26)17(28)19(30)21(33-13)32-11-3-7(1-2-9(11)24)20-18(29)16(27)14-10(25)4-8(23)5-12(14)31-20/h1-5,13,15,17,19,21-26,28-30H,6H2/t13-,15-,17+,19-,21-/m0/s1. The first-order chi connectivity index (χ1) is 15.6. The van der Waals surface area contributed by atoms with E-state index in [9.17, 15) is 45.6 Å². The Morgan fingerprint density at radius 2 is 1.64 bits per heavy atom. The second-order valence-corrected chi connectivity index (χ2v) is 7.44. The van der Waals surface area contributed by atoms with Crippen LogP contribution in [0.1, 0.15) is 0 Å². The van der Waals surface area contributed by atoms with Crippen molar-refractivity contribution < 1.29 is 54.7 Å². The van der Waals surface area contributed by atoms with E-state index < -0.39 is 65.7 Å². The fourth-order valence-corrected chi connectivity index (χ4v) is 3.51. The molecule has 3 aromatic rings. The molecule has 0 aliphatic carbocycles. The third-order valence-corrected chi connectivity index (χ3v) is 5.25. The van der Waals surface area contributed by atoms with E-state index in [1.807, 2.05) is 0 Å². The van der Waals surface area contributed by atoms with E-state index >= 15 is 0 Å². The first-order valence-corrected chi connectivity index (χ1v) is 9.64. The van der Waals surface area contributed by atoms with Gasteiger partial charge in [-0.3, -0.25) is 4.79 Å². The Hall–Kier alpha value is -3.55. The quantitative estimate of drug-likeness (QED) is 0.245. The van der Waals surface area contributed by atoms with E-state index in [1.54, 1.807) is 0 Å². The monoisotopic (exact) mass is 464 g/mol. The Kier molecular flexibility index (Phi) is 5.78. The predicted octanol–water partition coefficient (Wildman–Crippen LogP) is -0.539. The molecule has 33 heavy (non-hydrogen) atoms. The molecule has 0 unspecified atom stereocenters. The van der Waals surface area contributed by atoms with Crippen LogP contribution in [0.15, 0.2) is 39.5 Å². The smallest absolute Gasteiger partial charge is 0.238 e. The van der Waals surface area contributed by atoms with Crippen molar-refractivity contribution in [2.45, 2.75) is 30.7 Å². The molecule has 2 aromatic carbocycles. The average Bonchev–Trinajstić information content (AvgIpc) is 2.77. The van der Waals surface area contributed by atoms with Crippen LogP contribution in [-0.4, -0.2) is 78.2 Å². The van der Waals surface area contributed by atoms with E-state index in [0.717, 1.165) is 24.3 Å². The van der Waals surface area contributed by atoms with Gasteiger partial charge in [-0.15, -0.1) is 0 Å². The molecule has 0 saturated carbocycles. The highest BCUT2D eigenvalue weighted by Crippen LogP contribution is 2.39. The molecule has 8 N–H and O–H groups in total. The summed E-state index contributed by atoms with van der Waals surface area (Å²) in [5.41, 5.74) is -1.19. The minimum atomic E-state index is -1.75. The second-order valence-electron chi connectivity index (χ2n) is 7.44. The molecule has 0 amide bonds. The number of fused-ring (bicyclic) bond motifs is 1. The topological polar surface area (TPSA) is 211 Å². The van der Waals surface area contributed by atoms with E-state index in [4.69, 9.17) is 13.9 Å². The highest BCUT2D eigenvalue weighted by molar-refractivity contribution is 5.88. The summed E-state index contributed by atoms with van der Waals surface area (Å²) in [6.07, 6.45) is -7.92. The molecule has 2 heterocycles. The molecule has 1 fully saturated rings. The van der Waals surface area contributed by atoms with Crippen molar-refractivity contribution in [2.24, 2.45) is 0 Å². The molecule has 0 spiro atoms. The lowest BCUT2D eigenvalue weighted by atomic mass is 9.99. The summed E-state index contributed by atoms with van der Waals surface area (Å²) in [6, 6.07) is 5.49. The lowest BCUT2D eigenvalue weighted by Crippen LogP contribution is -2.60. The largest absolute Gasteiger partial charge is 0.508 e. The Labute approximate surface area is 184 Å². The summed E-state index contributed by atoms with van der Waals surface area (Å²) in [5.74, 6) is -3.01. The number of rotatable bonds is 4. The number of phenolic OH excluding ortho intramolecular Hbond substituents is 3. The van der Waals surface area contributed by atoms with Gasteiger partial charge in [-0.05, 0) is 18.2 Å². The number of hydrogen-bond donors (Lipinski definition) is 8. The summed E-state index contributed by atoms with van der Waals surface area (Å²) in [5, 5.41) is 78.9. The zero-order chi connectivity index (χ0) is 24.0. The Morgan fingerprint density at radius 3 is 2.33 bits per heavy atom. The number of aromatic hydroxyl groups is 4. The highest BCUT2D eigenvalue weighted by Gasteiger charge is 2.45. The first kappa shape index (κ1) is 22.6. The summed E-state index contributed by atoms with van der Waals surface area (Å²) < 4.78 is 16.2. The van der Waals surface area contributed by atoms with Gasteiger partial charge in [-0.1, -0.05) is 0 Å². The molecule has 1 aliphatic rings. The summed E-state index contributed by atoms with van der Waals surface area (Å²) in [4.78, 5) is 12.5. The maximum Gasteiger partial charge on any atom is 0.238 e. The normalized spacial score (nSPS) is 25.3. The second kappa shape index (κ2) is 8.42. The first-order valence-electron chi connectivity index (χ1n) is 9.64. The van der Waals surface area contributed by atoms with Crippen LogP contribution in [0.3, 0.4) is 0 Å². The number of benzene rings is 2. The van der Waals surface area contributed by atoms with Gasteiger partial charge in [0.1, 0.15) is 46.9 Å². The maximum atomic E-state index is 12.5. The van der Waals surface area contributed by atoms with Crippen LogP contribution in [0.4, 0.5) is 0 Å². The SMILES string of the molecule is O=c1c(O)c(-c2ccc(O)c(O[C@H]3O[C@@H](CO)[C@H](O)[C@@H](O)[C@@H]3O)c2)oc2cc(O)cc(O)c12. The van der Waals surface area contributed by atoms with Gasteiger partial charge in [-0.25, -0.2) is 0 Å². The van der Waals surface area contributed by atoms with Crippen LogP contribution in [0.25, 0.3) is 22.3 Å². The van der Waals surface area contributed by atoms with Gasteiger partial charge < -0.3 is 54.7 Å². The van der Waals surface area contributed by atoms with Gasteiger partial charge in [0.15, 0.2) is 17.3 Å². The van der Waals surface area contributed by atoms with Crippen molar-refractivity contribution >= 4 is 11.0 Å². The fraction of sp³-hybridized carbons (Fsp3) is 0.286. The van der Waals surface area contributed by atoms with Crippen molar-refractivity contribution in [1.82, 2.24) is 0 Å². The molecule has 176 valence electrons. The zero-order valence-electron chi connectivity index (χ0n) is 16.7. The van der Waals surface area contributed by atoms with Crippen molar-refractivity contribution in [3.8, 4) is 40.1 Å². The van der Waals surface area contributed by atoms with Crippen LogP contribution < -0.4 is 10.2 Å². The van der Waals surface area contributed by atoms with Gasteiger partial charge in [0.25, 0.3) is 0 Å². The third-order valence-electron chi connectivity index (χ3n) is 5.25. The minimum absolute atomic E-state index is 0.0201. The molecule has 0 bridgehead atoms. The molecule has 5 atom stereocenters. The van der Waals surface area contributed by atoms with Gasteiger partial charge in [-0.2, -0.15) is 0 Å². The predicted molar refractivity (Wildman–Crippen MR) is 109 cm³/mol. The van der Waals surface area contributed by atoms with Crippen LogP contribution in [0.2, 0.25) is 0 Å². The highest BCUT2D eigenvalue weighted by atomic mass is 16.7. The molecule has 0 radical (unpaired) electrons. The van der Waals surface area contributed by atoms with Gasteiger partial charge in [0, 0.05) is 17.7 Å². The molecule has 1 saturated heterocycles. The van der Waals surface area contributed by atoms with E-state index in [-0.39, 0.29) is 28.0 Å². The number of hydrogen-bond acceptors (Lipinski definition) is 12. The van der Waals surface area contributed by atoms with E-state index in [0.29, 0.717) is 0 Å². The van der Waals surface area contributed by atoms with Gasteiger partial charge in [0.2, 0.25) is 17.5 Å². The van der Waals surface area contributed by atoms with E-state index in [2.05, 4.69) is 0 Å². The molecule has 1 aliphatic heterocycles. The summed E-state index contributed by atoms with van der Waals surface area (Å²) in [7, 11) is 0. The molecule has 4 rings (SSSR count). The number of ether oxygens (including phenoxy) is 2. The van der Waals surface area contributed by atoms with Crippen molar-refractivity contribution in [1.29, 1.82) is 0 Å². The van der Waals surface area contributed by atoms with Crippen LogP contribution in [0.5, 0.6) is 28.7 Å². The third kappa shape index (κ3) is 3.90. The van der Waals surface area contributed by atoms with Crippen molar-refractivity contribution in [3.05, 3.63) is 40.6 Å². The van der Waals surface area contributed by atoms with Crippen molar-refractivity contribution in [3.63, 3.8) is 0 Å². The maximum absolute atomic E-state index is 12.5. The van der Waals surface area contributed by atoms with Crippen molar-refractivity contribution in [2.75, 3.05) is 6.61 Å². The molecule has 12 nitrogen and oxygen atoms in total. The lowest BCUT2D eigenvalue weighted by molar-refractivity contribution is -0.277. The Bertz CT molecular complexity index is 1250. The Balaban J connectivity index is 1.75. The molecule has 12 heteroatoms. The molecular weight excluding hydrogens is 444 g/mol. The summed E-state index contributed by atoms with van der Waals surface area (Å²) in [6.45, 7) is -0.688. The average molecular weight is 464 g/mol. The zero-order valence-corrected chi connectivity index (χ0v) is 16.7. The van der Waals surface area contributed by atoms with Crippen LogP contribution in [-0.2, 0) is 4.74 Å².